The largest absolute Gasteiger partial charge is 0.507 e. The molecule has 692 valence electrons. The SMILES string of the molecule is CCCC1CCC[S+]1c1ccc(C)c2ccccc12.Cc1cc([S+]2C(C)CCC2C)cc(C)c1O.Cc1cc([S+]2CCCC2)cc(C)c1O.Cc1cc([S+]2CCCC2C)cc(C)c1O.Cc1ccc([S+]2CC3C4CCC(C4)C3C2)c2ccccc12.Cc1ccc([S+]2CCCC2)c2ccccc12.Cc1ccc([S+]2CCCC2)c2ccccc12.O=C(C[S+]1CCCC1)c1ccccc1. The van der Waals surface area contributed by atoms with Crippen LogP contribution in [0.2, 0.25) is 0 Å². The van der Waals surface area contributed by atoms with Gasteiger partial charge in [-0.25, -0.2) is 0 Å². The van der Waals surface area contributed by atoms with E-state index in [-0.39, 0.29) is 0 Å². The Morgan fingerprint density at radius 3 is 1.06 bits per heavy atom. The number of phenols is 3. The van der Waals surface area contributed by atoms with Gasteiger partial charge in [0, 0.05) is 115 Å². The lowest BCUT2D eigenvalue weighted by Gasteiger charge is -2.19. The normalized spacial score (nSPS) is 23.8. The van der Waals surface area contributed by atoms with Crippen LogP contribution < -0.4 is 0 Å². The first-order chi connectivity index (χ1) is 63.5. The quantitative estimate of drug-likeness (QED) is 0.0841. The predicted molar refractivity (Wildman–Crippen MR) is 588 cm³/mol. The maximum atomic E-state index is 11.8. The number of phenolic OH excluding ortho intramolecular Hbond substituents is 3. The molecule has 2 saturated carbocycles. The van der Waals surface area contributed by atoms with Crippen molar-refractivity contribution in [2.45, 2.75) is 274 Å². The van der Waals surface area contributed by atoms with E-state index in [0.29, 0.717) is 110 Å². The molecule has 10 atom stereocenters. The third-order valence-corrected chi connectivity index (χ3v) is 51.0. The Hall–Kier alpha value is -6.45. The lowest BCUT2D eigenvalue weighted by atomic mass is 9.82. The van der Waals surface area contributed by atoms with Crippen LogP contribution in [-0.4, -0.2) is 117 Å². The fraction of sp³-hybridized carbons (Fsp3) is 0.454. The van der Waals surface area contributed by atoms with E-state index in [1.807, 2.05) is 71.9 Å². The van der Waals surface area contributed by atoms with Crippen molar-refractivity contribution in [2.24, 2.45) is 23.7 Å². The first-order valence-corrected chi connectivity index (χ1v) is 62.1. The summed E-state index contributed by atoms with van der Waals surface area (Å²) in [6, 6.07) is 77.3. The van der Waals surface area contributed by atoms with Crippen LogP contribution in [0.15, 0.2) is 247 Å². The number of carbonyl (C=O) groups excluding carboxylic acids is 1. The van der Waals surface area contributed by atoms with Gasteiger partial charge in [-0.15, -0.1) is 0 Å². The Labute approximate surface area is 812 Å². The number of Topliss-reactive ketones (excluding diaryl/α,β-unsaturated/α-hetero) is 1. The second-order valence-corrected chi connectivity index (χ2v) is 58.2. The van der Waals surface area contributed by atoms with Gasteiger partial charge in [-0.05, 0) is 390 Å². The predicted octanol–water partition coefficient (Wildman–Crippen LogP) is 29.5. The van der Waals surface area contributed by atoms with Crippen LogP contribution in [0.5, 0.6) is 17.2 Å². The summed E-state index contributed by atoms with van der Waals surface area (Å²) in [5.41, 5.74) is 12.7. The highest BCUT2D eigenvalue weighted by molar-refractivity contribution is 7.99. The monoisotopic (exact) mass is 1900 g/mol. The molecule has 22 rings (SSSR count). The second kappa shape index (κ2) is 47.1. The molecule has 8 aliphatic heterocycles. The van der Waals surface area contributed by atoms with Crippen molar-refractivity contribution in [3.8, 4) is 17.2 Å². The lowest BCUT2D eigenvalue weighted by Crippen LogP contribution is -2.19. The molecule has 10 aliphatic rings. The maximum Gasteiger partial charge on any atom is 0.211 e. The number of hydrogen-bond donors (Lipinski definition) is 3. The van der Waals surface area contributed by atoms with E-state index in [0.717, 1.165) is 89.4 Å². The van der Waals surface area contributed by atoms with Gasteiger partial charge in [0.25, 0.3) is 0 Å². The van der Waals surface area contributed by atoms with Crippen LogP contribution in [0, 0.1) is 92.9 Å². The number of aromatic hydroxyl groups is 3. The van der Waals surface area contributed by atoms with Crippen molar-refractivity contribution in [1.29, 1.82) is 0 Å². The molecular weight excluding hydrogens is 1750 g/mol. The second-order valence-electron chi connectivity index (χ2n) is 39.2. The highest BCUT2D eigenvalue weighted by atomic mass is 32.2. The van der Waals surface area contributed by atoms with Gasteiger partial charge in [-0.3, -0.25) is 4.79 Å². The van der Waals surface area contributed by atoms with E-state index in [2.05, 4.69) is 237 Å². The van der Waals surface area contributed by atoms with Crippen molar-refractivity contribution in [3.63, 3.8) is 0 Å². The maximum absolute atomic E-state index is 11.8. The Morgan fingerprint density at radius 1 is 0.313 bits per heavy atom. The van der Waals surface area contributed by atoms with Gasteiger partial charge in [-0.1, -0.05) is 141 Å². The molecular formula is C119H152O4S8+8. The Bertz CT molecular complexity index is 5630. The van der Waals surface area contributed by atoms with Crippen LogP contribution in [-0.2, 0) is 87.2 Å². The zero-order valence-electron chi connectivity index (χ0n) is 81.5. The molecule has 3 N–H and O–H groups in total. The smallest absolute Gasteiger partial charge is 0.211 e. The number of fused-ring (bicyclic) bond motifs is 9. The molecule has 8 heterocycles. The van der Waals surface area contributed by atoms with Crippen LogP contribution in [0.1, 0.15) is 216 Å². The first-order valence-electron chi connectivity index (χ1n) is 49.9. The summed E-state index contributed by atoms with van der Waals surface area (Å²) in [6.45, 7) is 30.3. The van der Waals surface area contributed by atoms with E-state index < -0.39 is 0 Å². The van der Waals surface area contributed by atoms with Gasteiger partial charge in [-0.2, -0.15) is 0 Å². The molecule has 4 nitrogen and oxygen atoms in total. The molecule has 0 aromatic heterocycles. The first kappa shape index (κ1) is 99.0. The van der Waals surface area contributed by atoms with Crippen LogP contribution >= 0.6 is 0 Å². The number of benzene rings is 12. The standard InChI is InChI=1S/C20H23S.C18H23S.2C15H17S.C14H20OS.C13H18OS.C12H16OS.C12H15OS/c1-13-6-9-20(17-5-3-2-4-16(13)17)21-11-18-14-7-8-15(10-14)19(18)12-21;1-3-7-15-8-6-13-19(15)18-12-11-14(2)16-9-4-5-10-17(16)18;2*1-12-8-9-15(16-10-4-5-11-16)14-7-3-2-6-13(12)14;1-9-7-13(8-10(2)14(9)15)16-11(3)5-6-12(16)4;1-9-7-12(8-10(2)13(9)14)15-6-4-5-11(15)3;1-9-7-11(8-10(2)12(9)13)14-5-3-4-6-14;13-12(10-14-8-4-5-9-14)11-6-2-1-3-7-11/h2-6,9,14-15,18-19H,7-8,10-12H2,1H3;4-5,9-12,15H,3,6-8,13H2,1-2H3;2*2-3,6-9H,4-5,10-11H2,1H3;7-8,11-12H,5-6H2,1-4H3;7-8,11H,4-6H2,1-3H3;7-8H,3-6H2,1-2H3;1-3,6-7H,4-5,8-10H2/q4*+1;;;;+1/p+3. The molecule has 0 amide bonds. The summed E-state index contributed by atoms with van der Waals surface area (Å²) < 4.78 is 0. The molecule has 0 radical (unpaired) electrons. The number of carbonyl (C=O) groups is 1. The third-order valence-electron chi connectivity index (χ3n) is 29.8. The number of aryl methyl sites for hydroxylation is 10. The highest BCUT2D eigenvalue weighted by Gasteiger charge is 2.57. The summed E-state index contributed by atoms with van der Waals surface area (Å²) in [4.78, 5) is 22.7. The highest BCUT2D eigenvalue weighted by Crippen LogP contribution is 2.57. The summed E-state index contributed by atoms with van der Waals surface area (Å²) in [6.07, 6.45) is 26.8. The van der Waals surface area contributed by atoms with Crippen LogP contribution in [0.4, 0.5) is 0 Å². The van der Waals surface area contributed by atoms with E-state index in [1.165, 1.54) is 265 Å². The number of rotatable bonds is 12. The summed E-state index contributed by atoms with van der Waals surface area (Å²) in [5, 5.41) is 44.4. The van der Waals surface area contributed by atoms with Crippen LogP contribution in [0.3, 0.4) is 0 Å². The van der Waals surface area contributed by atoms with Gasteiger partial charge in [0.15, 0.2) is 40.0 Å². The average Bonchev–Trinajstić information content (AvgIpc) is 1.59. The Morgan fingerprint density at radius 2 is 0.656 bits per heavy atom. The van der Waals surface area contributed by atoms with E-state index in [4.69, 9.17) is 0 Å². The van der Waals surface area contributed by atoms with E-state index in [9.17, 15) is 20.1 Å². The summed E-state index contributed by atoms with van der Waals surface area (Å²) in [5.74, 6) is 23.5. The number of hydrogen-bond acceptors (Lipinski definition) is 4. The van der Waals surface area contributed by atoms with Crippen molar-refractivity contribution in [2.75, 3.05) is 74.8 Å². The zero-order chi connectivity index (χ0) is 91.9. The number of ketones is 1. The molecule has 131 heavy (non-hydrogen) atoms. The summed E-state index contributed by atoms with van der Waals surface area (Å²) in [7, 11) is 3.72. The molecule has 12 aromatic rings. The topological polar surface area (TPSA) is 77.8 Å². The molecule has 2 aliphatic carbocycles. The Kier molecular flexibility index (Phi) is 35.6. The minimum absolute atomic E-state index is 0.329. The van der Waals surface area contributed by atoms with Gasteiger partial charge >= 0.3 is 0 Å². The molecule has 8 saturated heterocycles. The summed E-state index contributed by atoms with van der Waals surface area (Å²) >= 11 is 0. The third kappa shape index (κ3) is 24.2. The van der Waals surface area contributed by atoms with E-state index >= 15 is 0 Å². The molecule has 12 aromatic carbocycles. The zero-order valence-corrected chi connectivity index (χ0v) is 88.0. The fourth-order valence-corrected chi connectivity index (χ4v) is 44.3. The molecule has 2 bridgehead atoms. The van der Waals surface area contributed by atoms with E-state index in [1.54, 1.807) is 26.0 Å². The van der Waals surface area contributed by atoms with Crippen LogP contribution in [0.25, 0.3) is 43.1 Å². The van der Waals surface area contributed by atoms with Crippen molar-refractivity contribution >= 4 is 136 Å². The average molecular weight is 1900 g/mol. The van der Waals surface area contributed by atoms with Crippen molar-refractivity contribution < 1.29 is 20.1 Å². The van der Waals surface area contributed by atoms with Crippen molar-refractivity contribution in [1.82, 2.24) is 0 Å². The lowest BCUT2D eigenvalue weighted by molar-refractivity contribution is 0.102. The molecule has 10 unspecified atom stereocenters. The fourth-order valence-electron chi connectivity index (χ4n) is 22.5. The van der Waals surface area contributed by atoms with Gasteiger partial charge < -0.3 is 15.3 Å². The van der Waals surface area contributed by atoms with Gasteiger partial charge in [0.1, 0.15) is 107 Å². The van der Waals surface area contributed by atoms with Gasteiger partial charge in [0.2, 0.25) is 5.78 Å². The molecule has 12 heteroatoms. The van der Waals surface area contributed by atoms with Gasteiger partial charge in [0.05, 0.1) is 0 Å². The minimum Gasteiger partial charge on any atom is -0.507 e. The Balaban J connectivity index is 0.000000115. The van der Waals surface area contributed by atoms with Crippen molar-refractivity contribution in [3.05, 3.63) is 274 Å². The molecule has 10 fully saturated rings. The molecule has 0 spiro atoms. The minimum atomic E-state index is 0.329.